The molecule has 0 radical (unpaired) electrons. The third-order valence-electron chi connectivity index (χ3n) is 13.8. The van der Waals surface area contributed by atoms with E-state index in [1.807, 2.05) is 33.8 Å². The molecular formula is C46H50N4O6. The summed E-state index contributed by atoms with van der Waals surface area (Å²) in [5.41, 5.74) is 14.3. The number of ether oxygens (including phenoxy) is 2. The molecule has 10 heteroatoms. The van der Waals surface area contributed by atoms with Crippen LogP contribution in [0.5, 0.6) is 0 Å². The number of benzene rings is 2. The molecule has 6 heterocycles. The van der Waals surface area contributed by atoms with Crippen LogP contribution in [0.15, 0.2) is 43.3 Å². The maximum Gasteiger partial charge on any atom is 0.193 e. The first-order valence-electron chi connectivity index (χ1n) is 21.0. The molecule has 4 aliphatic heterocycles. The summed E-state index contributed by atoms with van der Waals surface area (Å²) in [7, 11) is 0. The SMILES string of the molecule is Cc1noc(C)c1-c1cc2c(c(C(=O)[C@@H]3CCC4(CC4)O3)c1)N=C(C1CC1)C2.Cc1noc(C)c1-c1cc2c(c(C(O)[C@@H]3CCC4(CC4)O3)c1)N=C(C1CC1)C2. The Kier molecular flexibility index (Phi) is 7.88. The molecule has 0 bridgehead atoms. The highest BCUT2D eigenvalue weighted by Crippen LogP contribution is 2.54. The van der Waals surface area contributed by atoms with Gasteiger partial charge in [-0.2, -0.15) is 0 Å². The van der Waals surface area contributed by atoms with Crippen LogP contribution < -0.4 is 0 Å². The average molecular weight is 755 g/mol. The van der Waals surface area contributed by atoms with E-state index < -0.39 is 6.10 Å². The largest absolute Gasteiger partial charge is 0.386 e. The van der Waals surface area contributed by atoms with E-state index in [9.17, 15) is 9.90 Å². The van der Waals surface area contributed by atoms with E-state index in [1.54, 1.807) is 0 Å². The molecule has 4 aromatic rings. The Hall–Kier alpha value is -4.25. The van der Waals surface area contributed by atoms with E-state index in [4.69, 9.17) is 28.5 Å². The van der Waals surface area contributed by atoms with Crippen molar-refractivity contribution in [1.82, 2.24) is 10.3 Å². The smallest absolute Gasteiger partial charge is 0.193 e. The second-order valence-electron chi connectivity index (χ2n) is 18.1. The first-order valence-corrected chi connectivity index (χ1v) is 21.0. The fourth-order valence-corrected chi connectivity index (χ4v) is 9.96. The Morgan fingerprint density at radius 3 is 1.73 bits per heavy atom. The van der Waals surface area contributed by atoms with E-state index in [-0.39, 0.29) is 29.2 Å². The Morgan fingerprint density at radius 2 is 1.21 bits per heavy atom. The third kappa shape index (κ3) is 6.05. The maximum absolute atomic E-state index is 13.5. The summed E-state index contributed by atoms with van der Waals surface area (Å²) in [5.74, 6) is 2.93. The van der Waals surface area contributed by atoms with Gasteiger partial charge in [-0.3, -0.25) is 14.8 Å². The molecule has 1 N–H and O–H groups in total. The van der Waals surface area contributed by atoms with Crippen LogP contribution in [0.4, 0.5) is 11.4 Å². The first-order chi connectivity index (χ1) is 27.1. The number of fused-ring (bicyclic) bond motifs is 2. The van der Waals surface area contributed by atoms with Gasteiger partial charge in [0.15, 0.2) is 5.78 Å². The molecule has 10 nitrogen and oxygen atoms in total. The zero-order valence-electron chi connectivity index (χ0n) is 32.9. The molecule has 2 spiro atoms. The molecule has 2 saturated heterocycles. The minimum Gasteiger partial charge on any atom is -0.386 e. The highest BCUT2D eigenvalue weighted by molar-refractivity contribution is 6.09. The molecule has 4 aliphatic carbocycles. The van der Waals surface area contributed by atoms with Crippen LogP contribution in [-0.4, -0.2) is 56.0 Å². The zero-order valence-corrected chi connectivity index (χ0v) is 32.9. The number of hydrogen-bond acceptors (Lipinski definition) is 10. The number of aliphatic hydroxyl groups excluding tert-OH is 1. The average Bonchev–Trinajstić information content (AvgIpc) is 4.15. The first kappa shape index (κ1) is 35.0. The topological polar surface area (TPSA) is 133 Å². The summed E-state index contributed by atoms with van der Waals surface area (Å²) in [5, 5.41) is 19.5. The lowest BCUT2D eigenvalue weighted by Crippen LogP contribution is -2.22. The van der Waals surface area contributed by atoms with Crippen LogP contribution in [-0.2, 0) is 22.3 Å². The van der Waals surface area contributed by atoms with Gasteiger partial charge < -0.3 is 23.6 Å². The second-order valence-corrected chi connectivity index (χ2v) is 18.1. The normalized spacial score (nSPS) is 25.2. The molecule has 6 fully saturated rings. The van der Waals surface area contributed by atoms with Crippen molar-refractivity contribution in [2.45, 2.75) is 147 Å². The number of aliphatic imine (C=N–C) groups is 2. The monoisotopic (exact) mass is 754 g/mol. The van der Waals surface area contributed by atoms with E-state index in [2.05, 4.69) is 28.5 Å². The van der Waals surface area contributed by atoms with Gasteiger partial charge in [0.1, 0.15) is 23.7 Å². The molecule has 56 heavy (non-hydrogen) atoms. The van der Waals surface area contributed by atoms with Gasteiger partial charge in [0.2, 0.25) is 0 Å². The molecule has 2 aromatic heterocycles. The lowest BCUT2D eigenvalue weighted by molar-refractivity contribution is -0.0455. The highest BCUT2D eigenvalue weighted by atomic mass is 16.5. The molecular weight excluding hydrogens is 705 g/mol. The minimum absolute atomic E-state index is 0.00516. The summed E-state index contributed by atoms with van der Waals surface area (Å²) in [6, 6.07) is 8.48. The van der Waals surface area contributed by atoms with E-state index in [0.717, 1.165) is 132 Å². The Bertz CT molecular complexity index is 2330. The number of hydrogen-bond donors (Lipinski definition) is 1. The molecule has 2 aromatic carbocycles. The standard InChI is InChI=1S/C23H26N2O3.C23H24N2O3/c2*1-12-20(13(2)28-25-12)15-9-16-11-18(14-3-4-14)24-21(16)17(10-15)22(26)19-5-6-23(27-19)7-8-23/h9-10,14,19,22,26H,3-8,11H2,1-2H3;9-10,14,19H,3-8,11H2,1-2H3/t19-,22?;19-/m00/s1. The van der Waals surface area contributed by atoms with Gasteiger partial charge in [-0.1, -0.05) is 10.3 Å². The molecule has 12 rings (SSSR count). The summed E-state index contributed by atoms with van der Waals surface area (Å²) >= 11 is 0. The van der Waals surface area contributed by atoms with Crippen molar-refractivity contribution in [3.05, 3.63) is 69.4 Å². The maximum atomic E-state index is 13.5. The Morgan fingerprint density at radius 1 is 0.679 bits per heavy atom. The number of rotatable bonds is 8. The molecule has 3 atom stereocenters. The fourth-order valence-electron chi connectivity index (χ4n) is 9.96. The number of carbonyl (C=O) groups is 1. The lowest BCUT2D eigenvalue weighted by Gasteiger charge is -2.22. The van der Waals surface area contributed by atoms with Crippen molar-refractivity contribution in [1.29, 1.82) is 0 Å². The Labute approximate surface area is 327 Å². The summed E-state index contributed by atoms with van der Waals surface area (Å²) < 4.78 is 23.2. The Balaban J connectivity index is 0.000000130. The van der Waals surface area contributed by atoms with Crippen molar-refractivity contribution in [3.63, 3.8) is 0 Å². The highest BCUT2D eigenvalue weighted by Gasteiger charge is 2.53. The number of Topliss-reactive ketones (excluding diaryl/α,β-unsaturated/α-hetero) is 1. The van der Waals surface area contributed by atoms with E-state index in [1.165, 1.54) is 42.7 Å². The lowest BCUT2D eigenvalue weighted by atomic mass is 9.91. The van der Waals surface area contributed by atoms with Crippen molar-refractivity contribution in [3.8, 4) is 22.3 Å². The van der Waals surface area contributed by atoms with Gasteiger partial charge >= 0.3 is 0 Å². The zero-order chi connectivity index (χ0) is 38.1. The summed E-state index contributed by atoms with van der Waals surface area (Å²) in [4.78, 5) is 23.4. The van der Waals surface area contributed by atoms with Crippen LogP contribution in [0.3, 0.4) is 0 Å². The molecule has 1 unspecified atom stereocenters. The molecule has 4 saturated carbocycles. The summed E-state index contributed by atoms with van der Waals surface area (Å²) in [6.07, 6.45) is 13.9. The van der Waals surface area contributed by atoms with Gasteiger partial charge in [0, 0.05) is 46.5 Å². The van der Waals surface area contributed by atoms with Crippen molar-refractivity contribution >= 4 is 28.6 Å². The van der Waals surface area contributed by atoms with Gasteiger partial charge in [-0.05, 0) is 163 Å². The number of nitrogens with zero attached hydrogens (tertiary/aromatic N) is 4. The quantitative estimate of drug-likeness (QED) is 0.176. The van der Waals surface area contributed by atoms with Crippen molar-refractivity contribution < 1.29 is 28.4 Å². The number of aryl methyl sites for hydroxylation is 4. The predicted octanol–water partition coefficient (Wildman–Crippen LogP) is 9.63. The van der Waals surface area contributed by atoms with Gasteiger partial charge in [-0.15, -0.1) is 0 Å². The van der Waals surface area contributed by atoms with E-state index in [0.29, 0.717) is 17.4 Å². The number of ketones is 1. The van der Waals surface area contributed by atoms with Crippen LogP contribution in [0.25, 0.3) is 22.3 Å². The van der Waals surface area contributed by atoms with Crippen LogP contribution in [0.1, 0.15) is 133 Å². The van der Waals surface area contributed by atoms with Gasteiger partial charge in [0.25, 0.3) is 0 Å². The second kappa shape index (κ2) is 12.6. The number of carbonyl (C=O) groups excluding carboxylic acids is 1. The molecule has 0 amide bonds. The number of aromatic nitrogens is 2. The predicted molar refractivity (Wildman–Crippen MR) is 211 cm³/mol. The molecule has 8 aliphatic rings. The van der Waals surface area contributed by atoms with E-state index >= 15 is 0 Å². The fraction of sp³-hybridized carbons (Fsp3) is 0.543. The van der Waals surface area contributed by atoms with Crippen molar-refractivity contribution in [2.24, 2.45) is 21.8 Å². The third-order valence-corrected chi connectivity index (χ3v) is 13.8. The van der Waals surface area contributed by atoms with Crippen LogP contribution in [0.2, 0.25) is 0 Å². The van der Waals surface area contributed by atoms with Crippen molar-refractivity contribution in [2.75, 3.05) is 0 Å². The minimum atomic E-state index is -0.642. The van der Waals surface area contributed by atoms with Crippen LogP contribution >= 0.6 is 0 Å². The molecule has 290 valence electrons. The van der Waals surface area contributed by atoms with Gasteiger partial charge in [-0.25, -0.2) is 0 Å². The number of aliphatic hydroxyl groups is 1. The summed E-state index contributed by atoms with van der Waals surface area (Å²) in [6.45, 7) is 7.79. The van der Waals surface area contributed by atoms with Crippen LogP contribution in [0, 0.1) is 39.5 Å². The van der Waals surface area contributed by atoms with Gasteiger partial charge in [0.05, 0.1) is 40.1 Å².